The van der Waals surface area contributed by atoms with Gasteiger partial charge < -0.3 is 9.88 Å². The summed E-state index contributed by atoms with van der Waals surface area (Å²) >= 11 is 12.3. The number of carbonyl (C=O) groups is 1. The summed E-state index contributed by atoms with van der Waals surface area (Å²) in [5.74, 6) is -0.375. The Morgan fingerprint density at radius 1 is 1.04 bits per heavy atom. The van der Waals surface area contributed by atoms with Gasteiger partial charge in [-0.2, -0.15) is 0 Å². The molecule has 2 heterocycles. The number of nitrogens with zero attached hydrogens (tertiary/aromatic N) is 3. The molecule has 134 valence electrons. The van der Waals surface area contributed by atoms with Gasteiger partial charge in [-0.3, -0.25) is 9.78 Å². The van der Waals surface area contributed by atoms with Gasteiger partial charge in [0.25, 0.3) is 5.91 Å². The van der Waals surface area contributed by atoms with Crippen LogP contribution >= 0.6 is 23.2 Å². The SMILES string of the molecule is O=C(Nc1cccc2c(Cn3ccnc3)ccnc12)c1c(Cl)cccc1Cl. The van der Waals surface area contributed by atoms with E-state index >= 15 is 0 Å². The van der Waals surface area contributed by atoms with Gasteiger partial charge in [-0.1, -0.05) is 41.4 Å². The van der Waals surface area contributed by atoms with Crippen LogP contribution in [0.15, 0.2) is 67.4 Å². The molecule has 4 aromatic rings. The Labute approximate surface area is 165 Å². The molecule has 0 bridgehead atoms. The number of aromatic nitrogens is 3. The van der Waals surface area contributed by atoms with Crippen molar-refractivity contribution in [1.29, 1.82) is 0 Å². The lowest BCUT2D eigenvalue weighted by atomic mass is 10.1. The van der Waals surface area contributed by atoms with Crippen LogP contribution in [0.4, 0.5) is 5.69 Å². The Kier molecular flexibility index (Phi) is 4.79. The Morgan fingerprint density at radius 3 is 2.56 bits per heavy atom. The summed E-state index contributed by atoms with van der Waals surface area (Å²) < 4.78 is 1.98. The second kappa shape index (κ2) is 7.39. The van der Waals surface area contributed by atoms with Crippen LogP contribution in [0, 0.1) is 0 Å². The predicted molar refractivity (Wildman–Crippen MR) is 107 cm³/mol. The number of pyridine rings is 1. The zero-order valence-corrected chi connectivity index (χ0v) is 15.6. The molecule has 0 aliphatic rings. The van der Waals surface area contributed by atoms with Crippen molar-refractivity contribution in [3.8, 4) is 0 Å². The molecule has 0 radical (unpaired) electrons. The quantitative estimate of drug-likeness (QED) is 0.525. The van der Waals surface area contributed by atoms with E-state index in [1.165, 1.54) is 0 Å². The molecule has 0 aliphatic heterocycles. The summed E-state index contributed by atoms with van der Waals surface area (Å²) in [4.78, 5) is 21.2. The van der Waals surface area contributed by atoms with E-state index < -0.39 is 0 Å². The smallest absolute Gasteiger partial charge is 0.258 e. The topological polar surface area (TPSA) is 59.8 Å². The van der Waals surface area contributed by atoms with E-state index in [0.29, 0.717) is 27.8 Å². The highest BCUT2D eigenvalue weighted by atomic mass is 35.5. The van der Waals surface area contributed by atoms with Gasteiger partial charge >= 0.3 is 0 Å². The Hall–Kier alpha value is -2.89. The Bertz CT molecular complexity index is 1110. The van der Waals surface area contributed by atoms with E-state index in [0.717, 1.165) is 10.9 Å². The average Bonchev–Trinajstić information content (AvgIpc) is 3.15. The molecule has 1 N–H and O–H groups in total. The molecular formula is C20H14Cl2N4O. The van der Waals surface area contributed by atoms with E-state index in [9.17, 15) is 4.79 Å². The molecule has 0 saturated carbocycles. The minimum atomic E-state index is -0.375. The number of rotatable bonds is 4. The third kappa shape index (κ3) is 3.52. The zero-order chi connectivity index (χ0) is 18.8. The summed E-state index contributed by atoms with van der Waals surface area (Å²) in [6.07, 6.45) is 7.13. The maximum atomic E-state index is 12.7. The number of nitrogens with one attached hydrogen (secondary N) is 1. The van der Waals surface area contributed by atoms with Gasteiger partial charge in [-0.25, -0.2) is 4.98 Å². The van der Waals surface area contributed by atoms with Crippen LogP contribution in [0.25, 0.3) is 10.9 Å². The molecule has 1 amide bonds. The predicted octanol–water partition coefficient (Wildman–Crippen LogP) is 5.04. The number of carbonyl (C=O) groups excluding carboxylic acids is 1. The summed E-state index contributed by atoms with van der Waals surface area (Å²) in [6.45, 7) is 0.659. The number of amides is 1. The van der Waals surface area contributed by atoms with Crippen molar-refractivity contribution in [2.24, 2.45) is 0 Å². The van der Waals surface area contributed by atoms with Crippen molar-refractivity contribution in [2.45, 2.75) is 6.54 Å². The summed E-state index contributed by atoms with van der Waals surface area (Å²) in [5, 5.41) is 4.43. The molecular weight excluding hydrogens is 383 g/mol. The van der Waals surface area contributed by atoms with Crippen LogP contribution in [-0.2, 0) is 6.54 Å². The van der Waals surface area contributed by atoms with Crippen LogP contribution in [0.2, 0.25) is 10.0 Å². The molecule has 2 aromatic heterocycles. The molecule has 7 heteroatoms. The average molecular weight is 397 g/mol. The van der Waals surface area contributed by atoms with Crippen LogP contribution in [-0.4, -0.2) is 20.4 Å². The number of benzene rings is 2. The maximum Gasteiger partial charge on any atom is 0.258 e. The lowest BCUT2D eigenvalue weighted by molar-refractivity contribution is 0.102. The summed E-state index contributed by atoms with van der Waals surface area (Å²) in [5.41, 5.74) is 2.62. The molecule has 27 heavy (non-hydrogen) atoms. The molecule has 2 aromatic carbocycles. The molecule has 0 fully saturated rings. The number of hydrogen-bond donors (Lipinski definition) is 1. The first-order valence-electron chi connectivity index (χ1n) is 8.21. The maximum absolute atomic E-state index is 12.7. The van der Waals surface area contributed by atoms with Crippen molar-refractivity contribution in [2.75, 3.05) is 5.32 Å². The van der Waals surface area contributed by atoms with Crippen molar-refractivity contribution < 1.29 is 4.79 Å². The highest BCUT2D eigenvalue weighted by molar-refractivity contribution is 6.40. The normalized spacial score (nSPS) is 10.9. The zero-order valence-electron chi connectivity index (χ0n) is 14.1. The molecule has 0 aliphatic carbocycles. The number of halogens is 2. The molecule has 0 unspecified atom stereocenters. The standard InChI is InChI=1S/C20H14Cl2N4O/c21-15-4-2-5-16(22)18(15)20(27)25-17-6-1-3-14-13(7-8-24-19(14)17)11-26-10-9-23-12-26/h1-10,12H,11H2,(H,25,27). The number of para-hydroxylation sites is 1. The molecule has 0 spiro atoms. The fourth-order valence-corrected chi connectivity index (χ4v) is 3.52. The fourth-order valence-electron chi connectivity index (χ4n) is 2.95. The second-order valence-corrected chi connectivity index (χ2v) is 6.77. The van der Waals surface area contributed by atoms with Gasteiger partial charge in [0.05, 0.1) is 33.1 Å². The van der Waals surface area contributed by atoms with Gasteiger partial charge in [0, 0.05) is 30.5 Å². The second-order valence-electron chi connectivity index (χ2n) is 5.96. The summed E-state index contributed by atoms with van der Waals surface area (Å²) in [6, 6.07) is 12.6. The minimum absolute atomic E-state index is 0.243. The van der Waals surface area contributed by atoms with E-state index in [2.05, 4.69) is 15.3 Å². The van der Waals surface area contributed by atoms with Crippen molar-refractivity contribution in [3.63, 3.8) is 0 Å². The van der Waals surface area contributed by atoms with Gasteiger partial charge in [0.2, 0.25) is 0 Å². The van der Waals surface area contributed by atoms with Gasteiger partial charge in [0.15, 0.2) is 0 Å². The van der Waals surface area contributed by atoms with Crippen molar-refractivity contribution in [1.82, 2.24) is 14.5 Å². The third-order valence-corrected chi connectivity index (χ3v) is 4.84. The van der Waals surface area contributed by atoms with Gasteiger partial charge in [-0.05, 0) is 29.8 Å². The van der Waals surface area contributed by atoms with Gasteiger partial charge in [0.1, 0.15) is 0 Å². The first-order valence-corrected chi connectivity index (χ1v) is 8.97. The van der Waals surface area contributed by atoms with E-state index in [1.54, 1.807) is 43.0 Å². The number of imidazole rings is 1. The van der Waals surface area contributed by atoms with E-state index in [-0.39, 0.29) is 11.5 Å². The molecule has 4 rings (SSSR count). The monoisotopic (exact) mass is 396 g/mol. The molecule has 5 nitrogen and oxygen atoms in total. The van der Waals surface area contributed by atoms with Crippen LogP contribution in [0.5, 0.6) is 0 Å². The number of fused-ring (bicyclic) bond motifs is 1. The lowest BCUT2D eigenvalue weighted by Gasteiger charge is -2.12. The molecule has 0 atom stereocenters. The lowest BCUT2D eigenvalue weighted by Crippen LogP contribution is -2.13. The minimum Gasteiger partial charge on any atom is -0.333 e. The first kappa shape index (κ1) is 17.5. The van der Waals surface area contributed by atoms with Gasteiger partial charge in [-0.15, -0.1) is 0 Å². The van der Waals surface area contributed by atoms with Crippen LogP contribution < -0.4 is 5.32 Å². The number of hydrogen-bond acceptors (Lipinski definition) is 3. The first-order chi connectivity index (χ1) is 13.1. The third-order valence-electron chi connectivity index (χ3n) is 4.21. The van der Waals surface area contributed by atoms with Crippen molar-refractivity contribution >= 4 is 45.7 Å². The van der Waals surface area contributed by atoms with Crippen LogP contribution in [0.1, 0.15) is 15.9 Å². The van der Waals surface area contributed by atoms with Crippen LogP contribution in [0.3, 0.4) is 0 Å². The fraction of sp³-hybridized carbons (Fsp3) is 0.0500. The van der Waals surface area contributed by atoms with E-state index in [1.807, 2.05) is 29.0 Å². The summed E-state index contributed by atoms with van der Waals surface area (Å²) in [7, 11) is 0. The Balaban J connectivity index is 1.71. The highest BCUT2D eigenvalue weighted by Crippen LogP contribution is 2.28. The van der Waals surface area contributed by atoms with Crippen molar-refractivity contribution in [3.05, 3.63) is 88.6 Å². The van der Waals surface area contributed by atoms with E-state index in [4.69, 9.17) is 23.2 Å². The highest BCUT2D eigenvalue weighted by Gasteiger charge is 2.16. The Morgan fingerprint density at radius 2 is 1.81 bits per heavy atom. The number of anilines is 1. The molecule has 0 saturated heterocycles. The largest absolute Gasteiger partial charge is 0.333 e.